The van der Waals surface area contributed by atoms with Crippen LogP contribution < -0.4 is 10.6 Å². The van der Waals surface area contributed by atoms with Gasteiger partial charge < -0.3 is 25.6 Å². The lowest BCUT2D eigenvalue weighted by atomic mass is 10.0. The molecule has 0 bridgehead atoms. The number of halogens is 3. The molecule has 0 radical (unpaired) electrons. The lowest BCUT2D eigenvalue weighted by Crippen LogP contribution is -2.44. The van der Waals surface area contributed by atoms with Gasteiger partial charge >= 0.3 is 18.2 Å². The van der Waals surface area contributed by atoms with Gasteiger partial charge in [-0.15, -0.1) is 0 Å². The first-order valence-electron chi connectivity index (χ1n) is 9.85. The fraction of sp³-hybridized carbons (Fsp3) is 0.318. The molecule has 2 amide bonds. The average molecular weight is 468 g/mol. The first-order chi connectivity index (χ1) is 15.5. The molecule has 0 aliphatic heterocycles. The molecular weight excluding hydrogens is 445 g/mol. The van der Waals surface area contributed by atoms with E-state index in [1.807, 2.05) is 6.07 Å². The molecule has 11 heteroatoms. The minimum absolute atomic E-state index is 0.0213. The molecule has 0 saturated heterocycles. The lowest BCUT2D eigenvalue weighted by Gasteiger charge is -2.17. The molecule has 0 aromatic heterocycles. The standard InChI is InChI=1S/C22H23F3N2O6/c23-22(24,25)16-8-6-14(7-9-16)10-18(20(30)31)27-19(29)11-17(28)12-26-21(32)33-13-15-4-2-1-3-5-15/h1-9,17-18,28H,10-13H2,(H,26,32)(H,27,29)(H,30,31)/t17-,18-/m0/s1. The number of aliphatic hydroxyl groups excluding tert-OH is 1. The van der Waals surface area contributed by atoms with Crippen molar-refractivity contribution in [3.8, 4) is 0 Å². The van der Waals surface area contributed by atoms with Crippen molar-refractivity contribution in [3.63, 3.8) is 0 Å². The van der Waals surface area contributed by atoms with Crippen LogP contribution in [0.4, 0.5) is 18.0 Å². The van der Waals surface area contributed by atoms with Crippen molar-refractivity contribution in [1.29, 1.82) is 0 Å². The number of hydrogen-bond acceptors (Lipinski definition) is 5. The van der Waals surface area contributed by atoms with E-state index >= 15 is 0 Å². The Hall–Kier alpha value is -3.60. The summed E-state index contributed by atoms with van der Waals surface area (Å²) in [5.41, 5.74) is 0.166. The van der Waals surface area contributed by atoms with E-state index in [2.05, 4.69) is 10.6 Å². The number of hydrogen-bond donors (Lipinski definition) is 4. The van der Waals surface area contributed by atoms with E-state index in [0.29, 0.717) is 0 Å². The van der Waals surface area contributed by atoms with E-state index in [1.54, 1.807) is 24.3 Å². The van der Waals surface area contributed by atoms with Gasteiger partial charge in [-0.3, -0.25) is 4.79 Å². The average Bonchev–Trinajstić information content (AvgIpc) is 2.76. The number of ether oxygens (including phenoxy) is 1. The predicted octanol–water partition coefficient (Wildman–Crippen LogP) is 2.49. The van der Waals surface area contributed by atoms with E-state index < -0.39 is 48.3 Å². The summed E-state index contributed by atoms with van der Waals surface area (Å²) < 4.78 is 42.9. The largest absolute Gasteiger partial charge is 0.480 e. The number of amides is 2. The summed E-state index contributed by atoms with van der Waals surface area (Å²) in [5, 5.41) is 23.7. The van der Waals surface area contributed by atoms with Crippen LogP contribution in [0.2, 0.25) is 0 Å². The topological polar surface area (TPSA) is 125 Å². The second kappa shape index (κ2) is 11.9. The summed E-state index contributed by atoms with van der Waals surface area (Å²) in [6.45, 7) is -0.287. The minimum Gasteiger partial charge on any atom is -0.480 e. The third-order valence-electron chi connectivity index (χ3n) is 4.47. The predicted molar refractivity (Wildman–Crippen MR) is 110 cm³/mol. The number of aliphatic hydroxyl groups is 1. The highest BCUT2D eigenvalue weighted by molar-refractivity contribution is 5.84. The molecule has 33 heavy (non-hydrogen) atoms. The Morgan fingerprint density at radius 2 is 1.61 bits per heavy atom. The molecule has 8 nitrogen and oxygen atoms in total. The van der Waals surface area contributed by atoms with Gasteiger partial charge in [0.2, 0.25) is 5.91 Å². The molecular formula is C22H23F3N2O6. The molecule has 0 aliphatic carbocycles. The smallest absolute Gasteiger partial charge is 0.416 e. The van der Waals surface area contributed by atoms with Crippen LogP contribution in [0, 0.1) is 0 Å². The number of alkyl carbamates (subject to hydrolysis) is 1. The Balaban J connectivity index is 1.77. The number of aliphatic carboxylic acids is 1. The van der Waals surface area contributed by atoms with Crippen molar-refractivity contribution >= 4 is 18.0 Å². The zero-order valence-electron chi connectivity index (χ0n) is 17.3. The number of nitrogens with one attached hydrogen (secondary N) is 2. The minimum atomic E-state index is -4.52. The van der Waals surface area contributed by atoms with Crippen LogP contribution in [-0.2, 0) is 33.5 Å². The van der Waals surface area contributed by atoms with Gasteiger partial charge in [-0.2, -0.15) is 13.2 Å². The second-order valence-electron chi connectivity index (χ2n) is 7.16. The third-order valence-corrected chi connectivity index (χ3v) is 4.47. The van der Waals surface area contributed by atoms with Crippen molar-refractivity contribution < 1.29 is 42.5 Å². The summed E-state index contributed by atoms with van der Waals surface area (Å²) in [6.07, 6.45) is -7.38. The van der Waals surface area contributed by atoms with Crippen molar-refractivity contribution in [1.82, 2.24) is 10.6 Å². The number of carbonyl (C=O) groups is 3. The van der Waals surface area contributed by atoms with Crippen LogP contribution in [0.3, 0.4) is 0 Å². The third kappa shape index (κ3) is 9.19. The van der Waals surface area contributed by atoms with Crippen molar-refractivity contribution in [2.75, 3.05) is 6.54 Å². The van der Waals surface area contributed by atoms with Gasteiger partial charge in [0.05, 0.1) is 18.1 Å². The molecule has 2 aromatic carbocycles. The number of carboxylic acid groups (broad SMARTS) is 1. The summed E-state index contributed by atoms with van der Waals surface area (Å²) in [7, 11) is 0. The van der Waals surface area contributed by atoms with E-state index in [4.69, 9.17) is 4.74 Å². The summed E-state index contributed by atoms with van der Waals surface area (Å²) in [5.74, 6) is -2.19. The Labute approximate surface area is 187 Å². The van der Waals surface area contributed by atoms with Gasteiger partial charge in [-0.1, -0.05) is 42.5 Å². The summed E-state index contributed by atoms with van der Waals surface area (Å²) >= 11 is 0. The highest BCUT2D eigenvalue weighted by Gasteiger charge is 2.30. The molecule has 0 fully saturated rings. The number of alkyl halides is 3. The van der Waals surface area contributed by atoms with Crippen LogP contribution in [0.25, 0.3) is 0 Å². The Bertz CT molecular complexity index is 935. The van der Waals surface area contributed by atoms with Crippen LogP contribution in [0.15, 0.2) is 54.6 Å². The highest BCUT2D eigenvalue weighted by atomic mass is 19.4. The Morgan fingerprint density at radius 1 is 0.970 bits per heavy atom. The van der Waals surface area contributed by atoms with Crippen molar-refractivity contribution in [3.05, 3.63) is 71.3 Å². The molecule has 0 heterocycles. The van der Waals surface area contributed by atoms with Gasteiger partial charge in [0, 0.05) is 13.0 Å². The van der Waals surface area contributed by atoms with Gasteiger partial charge in [0.25, 0.3) is 0 Å². The Morgan fingerprint density at radius 3 is 2.18 bits per heavy atom. The van der Waals surface area contributed by atoms with E-state index in [0.717, 1.165) is 29.8 Å². The fourth-order valence-corrected chi connectivity index (χ4v) is 2.78. The first-order valence-corrected chi connectivity index (χ1v) is 9.85. The molecule has 2 aromatic rings. The monoisotopic (exact) mass is 468 g/mol. The van der Waals surface area contributed by atoms with Gasteiger partial charge in [-0.05, 0) is 23.3 Å². The number of rotatable bonds is 10. The number of carboxylic acids is 1. The molecule has 4 N–H and O–H groups in total. The molecule has 0 aliphatic rings. The quantitative estimate of drug-likeness (QED) is 0.425. The van der Waals surface area contributed by atoms with E-state index in [9.17, 15) is 37.8 Å². The summed E-state index contributed by atoms with van der Waals surface area (Å²) in [4.78, 5) is 35.2. The molecule has 0 spiro atoms. The van der Waals surface area contributed by atoms with Crippen LogP contribution in [-0.4, -0.2) is 46.9 Å². The molecule has 0 saturated carbocycles. The first kappa shape index (κ1) is 25.7. The Kier molecular flexibility index (Phi) is 9.22. The molecule has 0 unspecified atom stereocenters. The maximum atomic E-state index is 12.6. The SMILES string of the molecule is O=C(C[C@H](O)CNC(=O)OCc1ccccc1)N[C@@H](Cc1ccc(C(F)(F)F)cc1)C(=O)O. The van der Waals surface area contributed by atoms with Gasteiger partial charge in [-0.25, -0.2) is 9.59 Å². The van der Waals surface area contributed by atoms with Gasteiger partial charge in [0.15, 0.2) is 0 Å². The maximum Gasteiger partial charge on any atom is 0.416 e. The molecule has 178 valence electrons. The van der Waals surface area contributed by atoms with Crippen LogP contribution in [0.1, 0.15) is 23.1 Å². The van der Waals surface area contributed by atoms with Crippen molar-refractivity contribution in [2.45, 2.75) is 37.8 Å². The number of carbonyl (C=O) groups excluding carboxylic acids is 2. The maximum absolute atomic E-state index is 12.6. The van der Waals surface area contributed by atoms with E-state index in [-0.39, 0.29) is 25.1 Å². The normalized spacial score (nSPS) is 13.0. The zero-order chi connectivity index (χ0) is 24.4. The van der Waals surface area contributed by atoms with Crippen molar-refractivity contribution in [2.24, 2.45) is 0 Å². The fourth-order valence-electron chi connectivity index (χ4n) is 2.78. The zero-order valence-corrected chi connectivity index (χ0v) is 17.3. The second-order valence-corrected chi connectivity index (χ2v) is 7.16. The van der Waals surface area contributed by atoms with Crippen LogP contribution in [0.5, 0.6) is 0 Å². The van der Waals surface area contributed by atoms with E-state index in [1.165, 1.54) is 0 Å². The molecule has 2 rings (SSSR count). The van der Waals surface area contributed by atoms with Crippen LogP contribution >= 0.6 is 0 Å². The summed E-state index contributed by atoms with van der Waals surface area (Å²) in [6, 6.07) is 11.4. The number of benzene rings is 2. The lowest BCUT2D eigenvalue weighted by molar-refractivity contribution is -0.142. The highest BCUT2D eigenvalue weighted by Crippen LogP contribution is 2.29. The van der Waals surface area contributed by atoms with Gasteiger partial charge in [0.1, 0.15) is 12.6 Å². The molecule has 2 atom stereocenters.